The van der Waals surface area contributed by atoms with E-state index in [1.807, 2.05) is 0 Å². The number of allylic oxidation sites excluding steroid dienone is 2. The summed E-state index contributed by atoms with van der Waals surface area (Å²) in [6.45, 7) is 4.22. The van der Waals surface area contributed by atoms with Gasteiger partial charge in [0.1, 0.15) is 0 Å². The van der Waals surface area contributed by atoms with Gasteiger partial charge in [0.25, 0.3) is 0 Å². The standard InChI is InChI=1S/C45H91N2O6P/c1-3-5-7-9-11-13-15-17-19-20-21-22-23-25-26-28-30-32-34-36-38-44(48)43(42-53-54(50,51)52-41-40-46)47-45(49)39-37-35-33-31-29-27-24-18-16-14-12-10-8-6-4-2/h18,24,43-44,48H,3-17,19-23,25-42,46H2,1-2H3,(H,47,49)(H,50,51)/b24-18-. The van der Waals surface area contributed by atoms with E-state index in [0.717, 1.165) is 51.4 Å². The van der Waals surface area contributed by atoms with E-state index in [0.29, 0.717) is 12.8 Å². The lowest BCUT2D eigenvalue weighted by Crippen LogP contribution is -2.46. The zero-order valence-electron chi connectivity index (χ0n) is 35.7. The second-order valence-electron chi connectivity index (χ2n) is 16.0. The maximum absolute atomic E-state index is 12.8. The third kappa shape index (κ3) is 39.5. The van der Waals surface area contributed by atoms with Crippen molar-refractivity contribution in [1.82, 2.24) is 5.32 Å². The predicted octanol–water partition coefficient (Wildman–Crippen LogP) is 13.2. The largest absolute Gasteiger partial charge is 0.472 e. The quantitative estimate of drug-likeness (QED) is 0.0275. The lowest BCUT2D eigenvalue weighted by molar-refractivity contribution is -0.123. The zero-order valence-corrected chi connectivity index (χ0v) is 36.6. The number of unbranched alkanes of at least 4 members (excludes halogenated alkanes) is 30. The summed E-state index contributed by atoms with van der Waals surface area (Å²) in [5.41, 5.74) is 5.39. The van der Waals surface area contributed by atoms with E-state index >= 15 is 0 Å². The van der Waals surface area contributed by atoms with Gasteiger partial charge in [-0.3, -0.25) is 13.8 Å². The number of aliphatic hydroxyl groups excluding tert-OH is 1. The van der Waals surface area contributed by atoms with Crippen LogP contribution >= 0.6 is 7.82 Å². The van der Waals surface area contributed by atoms with E-state index in [-0.39, 0.29) is 25.7 Å². The molecule has 0 aromatic rings. The molecule has 0 aliphatic carbocycles. The molecular formula is C45H91N2O6P. The Kier molecular flexibility index (Phi) is 41.3. The number of aliphatic hydroxyl groups is 1. The number of carbonyl (C=O) groups is 1. The number of hydrogen-bond donors (Lipinski definition) is 4. The van der Waals surface area contributed by atoms with Gasteiger partial charge in [-0.2, -0.15) is 0 Å². The molecule has 0 saturated carbocycles. The highest BCUT2D eigenvalue weighted by Gasteiger charge is 2.27. The molecule has 8 nitrogen and oxygen atoms in total. The van der Waals surface area contributed by atoms with Crippen molar-refractivity contribution in [3.8, 4) is 0 Å². The summed E-state index contributed by atoms with van der Waals surface area (Å²) in [6.07, 6.45) is 46.5. The predicted molar refractivity (Wildman–Crippen MR) is 231 cm³/mol. The van der Waals surface area contributed by atoms with Gasteiger partial charge >= 0.3 is 7.82 Å². The van der Waals surface area contributed by atoms with Crippen LogP contribution in [0.1, 0.15) is 239 Å². The molecule has 0 spiro atoms. The third-order valence-corrected chi connectivity index (χ3v) is 11.6. The summed E-state index contributed by atoms with van der Waals surface area (Å²) >= 11 is 0. The SMILES string of the molecule is CCCCCCCC/C=C\CCCCCCCC(=O)NC(COP(=O)(O)OCCN)C(O)CCCCCCCCCCCCCCCCCCCCCC. The van der Waals surface area contributed by atoms with Crippen molar-refractivity contribution in [2.75, 3.05) is 19.8 Å². The fourth-order valence-corrected chi connectivity index (χ4v) is 7.83. The molecule has 0 rings (SSSR count). The van der Waals surface area contributed by atoms with E-state index in [1.54, 1.807) is 0 Å². The maximum Gasteiger partial charge on any atom is 0.472 e. The van der Waals surface area contributed by atoms with E-state index < -0.39 is 20.0 Å². The molecule has 0 radical (unpaired) electrons. The zero-order chi connectivity index (χ0) is 39.6. The Hall–Kier alpha value is -0.760. The average molecular weight is 787 g/mol. The van der Waals surface area contributed by atoms with Gasteiger partial charge in [0.05, 0.1) is 25.4 Å². The highest BCUT2D eigenvalue weighted by atomic mass is 31.2. The number of amides is 1. The second kappa shape index (κ2) is 41.9. The van der Waals surface area contributed by atoms with Crippen molar-refractivity contribution in [2.24, 2.45) is 5.73 Å². The summed E-state index contributed by atoms with van der Waals surface area (Å²) in [4.78, 5) is 22.8. The molecule has 0 aliphatic heterocycles. The van der Waals surface area contributed by atoms with Gasteiger partial charge in [0.2, 0.25) is 5.91 Å². The molecule has 3 unspecified atom stereocenters. The number of phosphoric acid groups is 1. The van der Waals surface area contributed by atoms with Crippen LogP contribution in [0.25, 0.3) is 0 Å². The summed E-state index contributed by atoms with van der Waals surface area (Å²) < 4.78 is 22.2. The smallest absolute Gasteiger partial charge is 0.391 e. The molecule has 0 aliphatic rings. The van der Waals surface area contributed by atoms with Crippen LogP contribution in [-0.4, -0.2) is 47.8 Å². The Labute approximate surface area is 335 Å². The van der Waals surface area contributed by atoms with Crippen molar-refractivity contribution in [3.63, 3.8) is 0 Å². The van der Waals surface area contributed by atoms with Crippen LogP contribution in [0.15, 0.2) is 12.2 Å². The van der Waals surface area contributed by atoms with Crippen LogP contribution in [0, 0.1) is 0 Å². The molecule has 9 heteroatoms. The first-order valence-electron chi connectivity index (χ1n) is 23.3. The Bertz CT molecular complexity index is 860. The molecule has 0 aromatic heterocycles. The van der Waals surface area contributed by atoms with Crippen molar-refractivity contribution in [1.29, 1.82) is 0 Å². The molecule has 0 aromatic carbocycles. The number of nitrogens with two attached hydrogens (primary N) is 1. The Morgan fingerprint density at radius 2 is 0.963 bits per heavy atom. The van der Waals surface area contributed by atoms with Gasteiger partial charge < -0.3 is 21.1 Å². The minimum absolute atomic E-state index is 0.0894. The first-order chi connectivity index (χ1) is 26.4. The summed E-state index contributed by atoms with van der Waals surface area (Å²) in [7, 11) is -4.32. The minimum atomic E-state index is -4.32. The highest BCUT2D eigenvalue weighted by molar-refractivity contribution is 7.47. The molecule has 322 valence electrons. The summed E-state index contributed by atoms with van der Waals surface area (Å²) in [5.74, 6) is -0.167. The Morgan fingerprint density at radius 1 is 0.593 bits per heavy atom. The topological polar surface area (TPSA) is 131 Å². The number of phosphoric ester groups is 1. The normalized spacial score (nSPS) is 14.1. The lowest BCUT2D eigenvalue weighted by atomic mass is 10.0. The fourth-order valence-electron chi connectivity index (χ4n) is 7.07. The number of carbonyl (C=O) groups excluding carboxylic acids is 1. The molecule has 0 bridgehead atoms. The average Bonchev–Trinajstić information content (AvgIpc) is 3.16. The third-order valence-electron chi connectivity index (χ3n) is 10.6. The summed E-state index contributed by atoms with van der Waals surface area (Å²) in [5, 5.41) is 13.8. The summed E-state index contributed by atoms with van der Waals surface area (Å²) in [6, 6.07) is -0.775. The number of rotatable bonds is 44. The minimum Gasteiger partial charge on any atom is -0.391 e. The maximum atomic E-state index is 12.8. The van der Waals surface area contributed by atoms with Crippen LogP contribution in [0.3, 0.4) is 0 Å². The van der Waals surface area contributed by atoms with Gasteiger partial charge in [-0.1, -0.05) is 206 Å². The first kappa shape index (κ1) is 53.2. The van der Waals surface area contributed by atoms with Crippen molar-refractivity contribution < 1.29 is 28.4 Å². The Morgan fingerprint density at radius 3 is 1.37 bits per heavy atom. The molecule has 54 heavy (non-hydrogen) atoms. The van der Waals surface area contributed by atoms with E-state index in [9.17, 15) is 19.4 Å². The van der Waals surface area contributed by atoms with Gasteiger partial charge in [-0.15, -0.1) is 0 Å². The second-order valence-corrected chi connectivity index (χ2v) is 17.4. The number of nitrogens with one attached hydrogen (secondary N) is 1. The number of hydrogen-bond acceptors (Lipinski definition) is 6. The van der Waals surface area contributed by atoms with Gasteiger partial charge in [0, 0.05) is 13.0 Å². The van der Waals surface area contributed by atoms with Crippen LogP contribution < -0.4 is 11.1 Å². The highest BCUT2D eigenvalue weighted by Crippen LogP contribution is 2.43. The van der Waals surface area contributed by atoms with Crippen LogP contribution in [0.2, 0.25) is 0 Å². The molecule has 5 N–H and O–H groups in total. The van der Waals surface area contributed by atoms with Crippen LogP contribution in [0.4, 0.5) is 0 Å². The first-order valence-corrected chi connectivity index (χ1v) is 24.8. The molecular weight excluding hydrogens is 695 g/mol. The van der Waals surface area contributed by atoms with Crippen molar-refractivity contribution >= 4 is 13.7 Å². The molecule has 3 atom stereocenters. The van der Waals surface area contributed by atoms with E-state index in [4.69, 9.17) is 14.8 Å². The molecule has 0 fully saturated rings. The van der Waals surface area contributed by atoms with Crippen molar-refractivity contribution in [3.05, 3.63) is 12.2 Å². The molecule has 0 saturated heterocycles. The van der Waals surface area contributed by atoms with Crippen LogP contribution in [0.5, 0.6) is 0 Å². The monoisotopic (exact) mass is 787 g/mol. The van der Waals surface area contributed by atoms with Gasteiger partial charge in [-0.25, -0.2) is 4.57 Å². The van der Waals surface area contributed by atoms with Crippen LogP contribution in [-0.2, 0) is 18.4 Å². The van der Waals surface area contributed by atoms with E-state index in [1.165, 1.54) is 161 Å². The van der Waals surface area contributed by atoms with E-state index in [2.05, 4.69) is 31.3 Å². The van der Waals surface area contributed by atoms with Gasteiger partial charge in [-0.05, 0) is 38.5 Å². The fraction of sp³-hybridized carbons (Fsp3) is 0.933. The molecule has 0 heterocycles. The molecule has 1 amide bonds. The van der Waals surface area contributed by atoms with Gasteiger partial charge in [0.15, 0.2) is 0 Å². The van der Waals surface area contributed by atoms with Crippen molar-refractivity contribution in [2.45, 2.75) is 251 Å². The Balaban J connectivity index is 4.09. The lowest BCUT2D eigenvalue weighted by Gasteiger charge is -2.25.